The van der Waals surface area contributed by atoms with Gasteiger partial charge in [0.15, 0.2) is 6.04 Å². The first-order valence-electron chi connectivity index (χ1n) is 12.1. The lowest BCUT2D eigenvalue weighted by molar-refractivity contribution is -0.202. The first-order valence-corrected chi connectivity index (χ1v) is 12.1. The molecule has 2 aromatic carbocycles. The third kappa shape index (κ3) is 5.40. The highest BCUT2D eigenvalue weighted by Gasteiger charge is 2.48. The summed E-state index contributed by atoms with van der Waals surface area (Å²) in [6.07, 6.45) is -3.68. The Labute approximate surface area is 221 Å². The largest absolute Gasteiger partial charge is 0.493 e. The van der Waals surface area contributed by atoms with E-state index in [2.05, 4.69) is 0 Å². The normalized spacial score (nSPS) is 15.4. The van der Waals surface area contributed by atoms with Gasteiger partial charge in [-0.15, -0.1) is 0 Å². The summed E-state index contributed by atoms with van der Waals surface area (Å²) in [6, 6.07) is 9.52. The van der Waals surface area contributed by atoms with Crippen molar-refractivity contribution < 1.29 is 41.9 Å². The topological polar surface area (TPSA) is 116 Å². The van der Waals surface area contributed by atoms with Gasteiger partial charge in [0.25, 0.3) is 5.91 Å². The van der Waals surface area contributed by atoms with Crippen molar-refractivity contribution in [3.05, 3.63) is 59.8 Å². The Hall–Kier alpha value is -4.10. The molecular formula is C26H27F3N4O6. The van der Waals surface area contributed by atoms with E-state index in [-0.39, 0.29) is 43.2 Å². The maximum atomic E-state index is 14.1. The molecule has 0 saturated heterocycles. The number of rotatable bonds is 9. The number of aromatic nitrogens is 1. The highest BCUT2D eigenvalue weighted by atomic mass is 19.4. The number of carbonyl (C=O) groups is 3. The van der Waals surface area contributed by atoms with Gasteiger partial charge in [-0.3, -0.25) is 4.79 Å². The molecule has 39 heavy (non-hydrogen) atoms. The Morgan fingerprint density at radius 3 is 2.49 bits per heavy atom. The number of benzene rings is 2. The van der Waals surface area contributed by atoms with Crippen LogP contribution in [0.3, 0.4) is 0 Å². The maximum Gasteiger partial charge on any atom is 0.493 e. The Kier molecular flexibility index (Phi) is 8.11. The van der Waals surface area contributed by atoms with E-state index < -0.39 is 30.1 Å². The lowest BCUT2D eigenvalue weighted by Crippen LogP contribution is -2.51. The summed E-state index contributed by atoms with van der Waals surface area (Å²) in [4.78, 5) is 44.6. The van der Waals surface area contributed by atoms with E-state index in [1.807, 2.05) is 17.6 Å². The van der Waals surface area contributed by atoms with Gasteiger partial charge in [0, 0.05) is 42.3 Å². The average Bonchev–Trinajstić information content (AvgIpc) is 3.29. The van der Waals surface area contributed by atoms with Gasteiger partial charge >= 0.3 is 18.1 Å². The zero-order valence-electron chi connectivity index (χ0n) is 21.2. The highest BCUT2D eigenvalue weighted by molar-refractivity contribution is 6.09. The first kappa shape index (κ1) is 27.9. The number of para-hydroxylation sites is 1. The maximum absolute atomic E-state index is 14.1. The van der Waals surface area contributed by atoms with Gasteiger partial charge in [0.2, 0.25) is 0 Å². The number of hydroxylamine groups is 1. The molecule has 2 heterocycles. The SMILES string of the molecule is CCn1cc(C2C(=O)N(CCOCCN)c3cc(C(=O)OC)ccc3N2OC(=O)C(F)(F)F)c2ccccc21. The van der Waals surface area contributed by atoms with Gasteiger partial charge in [0.1, 0.15) is 5.69 Å². The Morgan fingerprint density at radius 2 is 1.82 bits per heavy atom. The molecular weight excluding hydrogens is 521 g/mol. The fraction of sp³-hybridized carbons (Fsp3) is 0.346. The lowest BCUT2D eigenvalue weighted by Gasteiger charge is -2.41. The summed E-state index contributed by atoms with van der Waals surface area (Å²) in [6.45, 7) is 2.90. The van der Waals surface area contributed by atoms with Crippen LogP contribution in [0.1, 0.15) is 28.9 Å². The van der Waals surface area contributed by atoms with Crippen LogP contribution in [0.2, 0.25) is 0 Å². The van der Waals surface area contributed by atoms with Crippen LogP contribution in [-0.2, 0) is 30.4 Å². The van der Waals surface area contributed by atoms with Crippen molar-refractivity contribution in [3.63, 3.8) is 0 Å². The molecule has 1 aliphatic heterocycles. The Bertz CT molecular complexity index is 1390. The van der Waals surface area contributed by atoms with Gasteiger partial charge in [-0.1, -0.05) is 18.2 Å². The van der Waals surface area contributed by atoms with Crippen molar-refractivity contribution in [3.8, 4) is 0 Å². The Morgan fingerprint density at radius 1 is 1.08 bits per heavy atom. The van der Waals surface area contributed by atoms with Crippen LogP contribution in [0, 0.1) is 0 Å². The smallest absolute Gasteiger partial charge is 0.465 e. The van der Waals surface area contributed by atoms with E-state index in [0.717, 1.165) is 5.52 Å². The fourth-order valence-corrected chi connectivity index (χ4v) is 4.51. The minimum Gasteiger partial charge on any atom is -0.465 e. The second kappa shape index (κ2) is 11.3. The second-order valence-corrected chi connectivity index (χ2v) is 8.58. The van der Waals surface area contributed by atoms with E-state index in [9.17, 15) is 27.6 Å². The van der Waals surface area contributed by atoms with E-state index >= 15 is 0 Å². The van der Waals surface area contributed by atoms with E-state index in [4.69, 9.17) is 20.0 Å². The van der Waals surface area contributed by atoms with Crippen LogP contribution in [-0.4, -0.2) is 62.0 Å². The van der Waals surface area contributed by atoms with Crippen molar-refractivity contribution in [1.82, 2.24) is 4.57 Å². The molecule has 208 valence electrons. The van der Waals surface area contributed by atoms with Crippen molar-refractivity contribution in [2.24, 2.45) is 5.73 Å². The molecule has 2 N–H and O–H groups in total. The Balaban J connectivity index is 1.92. The second-order valence-electron chi connectivity index (χ2n) is 8.58. The van der Waals surface area contributed by atoms with Gasteiger partial charge in [-0.2, -0.15) is 18.2 Å². The van der Waals surface area contributed by atoms with Crippen molar-refractivity contribution in [1.29, 1.82) is 0 Å². The van der Waals surface area contributed by atoms with E-state index in [1.165, 1.54) is 30.2 Å². The van der Waals surface area contributed by atoms with Crippen LogP contribution >= 0.6 is 0 Å². The zero-order chi connectivity index (χ0) is 28.3. The molecule has 10 nitrogen and oxygen atoms in total. The van der Waals surface area contributed by atoms with Crippen molar-refractivity contribution in [2.75, 3.05) is 43.4 Å². The number of alkyl halides is 3. The third-order valence-corrected chi connectivity index (χ3v) is 6.25. The number of aryl methyl sites for hydroxylation is 1. The minimum absolute atomic E-state index is 0.0135. The summed E-state index contributed by atoms with van der Waals surface area (Å²) in [5, 5.41) is 1.26. The lowest BCUT2D eigenvalue weighted by atomic mass is 9.99. The number of amides is 1. The molecule has 0 bridgehead atoms. The minimum atomic E-state index is -5.33. The van der Waals surface area contributed by atoms with E-state index in [0.29, 0.717) is 22.6 Å². The number of halogens is 3. The van der Waals surface area contributed by atoms with Gasteiger partial charge in [-0.25, -0.2) is 9.59 Å². The van der Waals surface area contributed by atoms with Crippen molar-refractivity contribution in [2.45, 2.75) is 25.7 Å². The standard InChI is InChI=1S/C26H27F3N4O6/c1-3-31-15-18(17-6-4-5-7-19(17)31)22-23(34)32(11-13-38-12-10-30)21-14-16(24(35)37-2)8-9-20(21)33(22)39-25(36)26(27,28)29/h4-9,14-15,22H,3,10-13,30H2,1-2H3. The summed E-state index contributed by atoms with van der Waals surface area (Å²) < 4.78 is 52.1. The van der Waals surface area contributed by atoms with Crippen LogP contribution in [0.4, 0.5) is 24.5 Å². The van der Waals surface area contributed by atoms with E-state index in [1.54, 1.807) is 24.4 Å². The average molecular weight is 549 g/mol. The molecule has 1 aromatic heterocycles. The molecule has 4 rings (SSSR count). The molecule has 3 aromatic rings. The predicted molar refractivity (Wildman–Crippen MR) is 135 cm³/mol. The van der Waals surface area contributed by atoms with Crippen LogP contribution in [0.5, 0.6) is 0 Å². The number of ether oxygens (including phenoxy) is 2. The fourth-order valence-electron chi connectivity index (χ4n) is 4.51. The molecule has 13 heteroatoms. The summed E-state index contributed by atoms with van der Waals surface area (Å²) in [5.74, 6) is -3.91. The third-order valence-electron chi connectivity index (χ3n) is 6.25. The number of hydrogen-bond donors (Lipinski definition) is 1. The molecule has 1 amide bonds. The number of nitrogens with zero attached hydrogens (tertiary/aromatic N) is 3. The first-order chi connectivity index (χ1) is 18.6. The molecule has 0 fully saturated rings. The molecule has 1 atom stereocenters. The molecule has 0 spiro atoms. The van der Waals surface area contributed by atoms with Crippen LogP contribution in [0.25, 0.3) is 10.9 Å². The van der Waals surface area contributed by atoms with Gasteiger partial charge in [0.05, 0.1) is 31.6 Å². The number of nitrogens with two attached hydrogens (primary N) is 1. The van der Waals surface area contributed by atoms with Gasteiger partial charge in [-0.05, 0) is 31.2 Å². The van der Waals surface area contributed by atoms with Crippen molar-refractivity contribution >= 4 is 40.1 Å². The number of anilines is 2. The summed E-state index contributed by atoms with van der Waals surface area (Å²) in [7, 11) is 1.17. The number of esters is 1. The number of hydrogen-bond acceptors (Lipinski definition) is 8. The quantitative estimate of drug-likeness (QED) is 0.320. The number of fused-ring (bicyclic) bond motifs is 2. The zero-order valence-corrected chi connectivity index (χ0v) is 21.2. The molecule has 1 aliphatic rings. The molecule has 1 unspecified atom stereocenters. The summed E-state index contributed by atoms with van der Waals surface area (Å²) >= 11 is 0. The monoisotopic (exact) mass is 548 g/mol. The van der Waals surface area contributed by atoms with Crippen LogP contribution < -0.4 is 15.7 Å². The molecule has 0 aliphatic carbocycles. The molecule has 0 saturated carbocycles. The number of carbonyl (C=O) groups excluding carboxylic acids is 3. The highest BCUT2D eigenvalue weighted by Crippen LogP contribution is 2.45. The van der Waals surface area contributed by atoms with Crippen LogP contribution in [0.15, 0.2) is 48.7 Å². The number of methoxy groups -OCH3 is 1. The predicted octanol–water partition coefficient (Wildman–Crippen LogP) is 3.34. The molecule has 0 radical (unpaired) electrons. The van der Waals surface area contributed by atoms with Gasteiger partial charge < -0.3 is 29.5 Å². The summed E-state index contributed by atoms with van der Waals surface area (Å²) in [5.41, 5.74) is 6.62.